The number of urea groups is 1. The lowest BCUT2D eigenvalue weighted by molar-refractivity contribution is 0.187. The van der Waals surface area contributed by atoms with Gasteiger partial charge in [0.2, 0.25) is 0 Å². The Morgan fingerprint density at radius 1 is 1.55 bits per heavy atom. The van der Waals surface area contributed by atoms with E-state index in [1.807, 2.05) is 6.92 Å². The fraction of sp³-hybridized carbons (Fsp3) is 0.857. The van der Waals surface area contributed by atoms with Crippen molar-refractivity contribution < 1.29 is 9.90 Å². The van der Waals surface area contributed by atoms with E-state index in [-0.39, 0.29) is 6.03 Å². The molecule has 2 amide bonds. The molecule has 0 fully saturated rings. The Morgan fingerprint density at radius 3 is 2.64 bits per heavy atom. The zero-order chi connectivity index (χ0) is 8.69. The van der Waals surface area contributed by atoms with Gasteiger partial charge in [0.25, 0.3) is 0 Å². The average Bonchev–Trinajstić information content (AvgIpc) is 1.97. The van der Waals surface area contributed by atoms with E-state index in [1.54, 1.807) is 6.92 Å². The highest BCUT2D eigenvalue weighted by atomic mass is 16.3. The van der Waals surface area contributed by atoms with Gasteiger partial charge in [-0.2, -0.15) is 0 Å². The molecular weight excluding hydrogens is 144 g/mol. The minimum atomic E-state index is -0.484. The summed E-state index contributed by atoms with van der Waals surface area (Å²) in [6.45, 7) is 4.58. The van der Waals surface area contributed by atoms with Crippen molar-refractivity contribution in [1.29, 1.82) is 0 Å². The summed E-state index contributed by atoms with van der Waals surface area (Å²) >= 11 is 0. The summed E-state index contributed by atoms with van der Waals surface area (Å²) in [5.74, 6) is 0. The van der Waals surface area contributed by atoms with Crippen molar-refractivity contribution in [2.45, 2.75) is 26.4 Å². The quantitative estimate of drug-likeness (QED) is 0.545. The number of hydrogen-bond acceptors (Lipinski definition) is 2. The normalized spacial score (nSPS) is 12.3. The molecule has 0 bridgehead atoms. The molecule has 0 aromatic rings. The molecule has 0 aromatic heterocycles. The summed E-state index contributed by atoms with van der Waals surface area (Å²) in [6, 6.07) is -0.215. The number of amides is 2. The lowest BCUT2D eigenvalue weighted by Crippen LogP contribution is -2.39. The molecule has 0 spiro atoms. The summed E-state index contributed by atoms with van der Waals surface area (Å²) in [4.78, 5) is 10.8. The zero-order valence-corrected chi connectivity index (χ0v) is 7.05. The maximum absolute atomic E-state index is 10.8. The molecule has 0 saturated heterocycles. The molecule has 0 aliphatic rings. The molecule has 11 heavy (non-hydrogen) atoms. The standard InChI is InChI=1S/C7H16N2O2/c1-3-4-8-7(11)9-5-6(2)10/h6,10H,3-5H2,1-2H3,(H2,8,9,11)/t6-/m1/s1. The fourth-order valence-electron chi connectivity index (χ4n) is 0.541. The molecule has 1 atom stereocenters. The Morgan fingerprint density at radius 2 is 2.18 bits per heavy atom. The van der Waals surface area contributed by atoms with Crippen LogP contribution >= 0.6 is 0 Å². The molecule has 0 aliphatic heterocycles. The predicted octanol–water partition coefficient (Wildman–Crippen LogP) is 0.0764. The van der Waals surface area contributed by atoms with Crippen molar-refractivity contribution in [3.8, 4) is 0 Å². The van der Waals surface area contributed by atoms with E-state index >= 15 is 0 Å². The lowest BCUT2D eigenvalue weighted by Gasteiger charge is -2.07. The molecule has 0 aromatic carbocycles. The Kier molecular flexibility index (Phi) is 5.56. The van der Waals surface area contributed by atoms with Crippen LogP contribution in [0.4, 0.5) is 4.79 Å². The van der Waals surface area contributed by atoms with E-state index in [0.29, 0.717) is 13.1 Å². The van der Waals surface area contributed by atoms with Gasteiger partial charge in [-0.1, -0.05) is 6.92 Å². The SMILES string of the molecule is CCCNC(=O)NC[C@@H](C)O. The van der Waals surface area contributed by atoms with Crippen LogP contribution in [0.25, 0.3) is 0 Å². The number of aliphatic hydroxyl groups excluding tert-OH is 1. The monoisotopic (exact) mass is 160 g/mol. The average molecular weight is 160 g/mol. The molecule has 4 heteroatoms. The maximum atomic E-state index is 10.8. The Labute approximate surface area is 67.0 Å². The molecular formula is C7H16N2O2. The lowest BCUT2D eigenvalue weighted by atomic mass is 10.4. The second kappa shape index (κ2) is 5.97. The fourth-order valence-corrected chi connectivity index (χ4v) is 0.541. The maximum Gasteiger partial charge on any atom is 0.314 e. The number of carbonyl (C=O) groups is 1. The molecule has 0 radical (unpaired) electrons. The topological polar surface area (TPSA) is 61.4 Å². The van der Waals surface area contributed by atoms with Crippen LogP contribution in [0.5, 0.6) is 0 Å². The van der Waals surface area contributed by atoms with Gasteiger partial charge in [0.05, 0.1) is 6.10 Å². The van der Waals surface area contributed by atoms with Crippen LogP contribution in [0.2, 0.25) is 0 Å². The van der Waals surface area contributed by atoms with Gasteiger partial charge in [0, 0.05) is 13.1 Å². The van der Waals surface area contributed by atoms with Crippen LogP contribution in [0.1, 0.15) is 20.3 Å². The third-order valence-electron chi connectivity index (χ3n) is 1.09. The molecule has 0 heterocycles. The van der Waals surface area contributed by atoms with E-state index in [0.717, 1.165) is 6.42 Å². The van der Waals surface area contributed by atoms with Crippen molar-refractivity contribution in [1.82, 2.24) is 10.6 Å². The van der Waals surface area contributed by atoms with Crippen LogP contribution in [0.15, 0.2) is 0 Å². The van der Waals surface area contributed by atoms with Crippen molar-refractivity contribution in [3.63, 3.8) is 0 Å². The van der Waals surface area contributed by atoms with Gasteiger partial charge in [-0.25, -0.2) is 4.79 Å². The third-order valence-corrected chi connectivity index (χ3v) is 1.09. The summed E-state index contributed by atoms with van der Waals surface area (Å²) in [5, 5.41) is 13.9. The minimum Gasteiger partial charge on any atom is -0.392 e. The van der Waals surface area contributed by atoms with Crippen LogP contribution in [0, 0.1) is 0 Å². The zero-order valence-electron chi connectivity index (χ0n) is 7.05. The van der Waals surface area contributed by atoms with Gasteiger partial charge >= 0.3 is 6.03 Å². The minimum absolute atomic E-state index is 0.215. The van der Waals surface area contributed by atoms with Crippen molar-refractivity contribution >= 4 is 6.03 Å². The van der Waals surface area contributed by atoms with Crippen LogP contribution in [0.3, 0.4) is 0 Å². The first-order valence-electron chi connectivity index (χ1n) is 3.86. The van der Waals surface area contributed by atoms with E-state index in [2.05, 4.69) is 10.6 Å². The largest absolute Gasteiger partial charge is 0.392 e. The second-order valence-electron chi connectivity index (χ2n) is 2.49. The first kappa shape index (κ1) is 10.2. The summed E-state index contributed by atoms with van der Waals surface area (Å²) in [7, 11) is 0. The summed E-state index contributed by atoms with van der Waals surface area (Å²) < 4.78 is 0. The smallest absolute Gasteiger partial charge is 0.314 e. The van der Waals surface area contributed by atoms with Crippen molar-refractivity contribution in [3.05, 3.63) is 0 Å². The summed E-state index contributed by atoms with van der Waals surface area (Å²) in [6.07, 6.45) is 0.435. The van der Waals surface area contributed by atoms with Gasteiger partial charge in [0.1, 0.15) is 0 Å². The first-order valence-corrected chi connectivity index (χ1v) is 3.86. The van der Waals surface area contributed by atoms with E-state index in [9.17, 15) is 4.79 Å². The second-order valence-corrected chi connectivity index (χ2v) is 2.49. The number of hydrogen-bond donors (Lipinski definition) is 3. The van der Waals surface area contributed by atoms with Gasteiger partial charge < -0.3 is 15.7 Å². The Balaban J connectivity index is 3.23. The number of nitrogens with one attached hydrogen (secondary N) is 2. The van der Waals surface area contributed by atoms with E-state index in [1.165, 1.54) is 0 Å². The molecule has 0 rings (SSSR count). The molecule has 0 aliphatic carbocycles. The van der Waals surface area contributed by atoms with Gasteiger partial charge in [-0.15, -0.1) is 0 Å². The predicted molar refractivity (Wildman–Crippen MR) is 43.4 cm³/mol. The van der Waals surface area contributed by atoms with Crippen molar-refractivity contribution in [2.75, 3.05) is 13.1 Å². The highest BCUT2D eigenvalue weighted by Gasteiger charge is 1.99. The van der Waals surface area contributed by atoms with Gasteiger partial charge in [-0.3, -0.25) is 0 Å². The van der Waals surface area contributed by atoms with Crippen molar-refractivity contribution in [2.24, 2.45) is 0 Å². The molecule has 0 unspecified atom stereocenters. The highest BCUT2D eigenvalue weighted by Crippen LogP contribution is 1.75. The van der Waals surface area contributed by atoms with E-state index in [4.69, 9.17) is 5.11 Å². The molecule has 0 saturated carbocycles. The van der Waals surface area contributed by atoms with Gasteiger partial charge in [-0.05, 0) is 13.3 Å². The Bertz CT molecular complexity index is 115. The van der Waals surface area contributed by atoms with Gasteiger partial charge in [0.15, 0.2) is 0 Å². The molecule has 4 nitrogen and oxygen atoms in total. The third kappa shape index (κ3) is 7.12. The first-order chi connectivity index (χ1) is 5.16. The Hall–Kier alpha value is -0.770. The molecule has 3 N–H and O–H groups in total. The number of carbonyl (C=O) groups excluding carboxylic acids is 1. The summed E-state index contributed by atoms with van der Waals surface area (Å²) in [5.41, 5.74) is 0. The number of rotatable bonds is 4. The van der Waals surface area contributed by atoms with Crippen LogP contribution < -0.4 is 10.6 Å². The molecule has 66 valence electrons. The van der Waals surface area contributed by atoms with Crippen LogP contribution in [-0.2, 0) is 0 Å². The van der Waals surface area contributed by atoms with E-state index < -0.39 is 6.10 Å². The van der Waals surface area contributed by atoms with Crippen LogP contribution in [-0.4, -0.2) is 30.3 Å². The number of aliphatic hydroxyl groups is 1. The highest BCUT2D eigenvalue weighted by molar-refractivity contribution is 5.73.